The van der Waals surface area contributed by atoms with Crippen molar-refractivity contribution >= 4 is 26.9 Å². The van der Waals surface area contributed by atoms with E-state index in [4.69, 9.17) is 9.47 Å². The minimum absolute atomic E-state index is 0.169. The van der Waals surface area contributed by atoms with Crippen molar-refractivity contribution in [1.82, 2.24) is 14.6 Å². The number of benzene rings is 1. The molecule has 3 rings (SSSR count). The molecule has 1 aromatic heterocycles. The smallest absolute Gasteiger partial charge is 0.407 e. The predicted molar refractivity (Wildman–Crippen MR) is 105 cm³/mol. The standard InChI is InChI=1S/C19H25N3O5S/c1-19(2,3)27-18(23)21-14-8-9-22(12-14)28(24,25)16-7-5-6-13-10-20-11-15(26-4)17(13)16/h5-7,10-11,14H,8-9,12H2,1-4H3,(H,21,23)/t14-/m1/s1. The number of rotatable bonds is 4. The number of hydrogen-bond donors (Lipinski definition) is 1. The van der Waals surface area contributed by atoms with Gasteiger partial charge in [-0.2, -0.15) is 4.31 Å². The van der Waals surface area contributed by atoms with E-state index in [0.717, 1.165) is 0 Å². The van der Waals surface area contributed by atoms with E-state index in [1.165, 1.54) is 17.6 Å². The Morgan fingerprint density at radius 2 is 2.04 bits per heavy atom. The summed E-state index contributed by atoms with van der Waals surface area (Å²) in [5.41, 5.74) is -0.609. The number of methoxy groups -OCH3 is 1. The van der Waals surface area contributed by atoms with Crippen LogP contribution in [0, 0.1) is 0 Å². The maximum atomic E-state index is 13.3. The predicted octanol–water partition coefficient (Wildman–Crippen LogP) is 2.53. The van der Waals surface area contributed by atoms with Gasteiger partial charge in [-0.3, -0.25) is 4.98 Å². The van der Waals surface area contributed by atoms with E-state index >= 15 is 0 Å². The third kappa shape index (κ3) is 4.20. The van der Waals surface area contributed by atoms with Crippen molar-refractivity contribution in [3.8, 4) is 5.75 Å². The highest BCUT2D eigenvalue weighted by Gasteiger charge is 2.35. The van der Waals surface area contributed by atoms with Gasteiger partial charge in [-0.25, -0.2) is 13.2 Å². The first-order valence-corrected chi connectivity index (χ1v) is 10.5. The summed E-state index contributed by atoms with van der Waals surface area (Å²) in [5.74, 6) is 0.402. The first-order chi connectivity index (χ1) is 13.1. The number of alkyl carbamates (subject to hydrolysis) is 1. The molecule has 1 N–H and O–H groups in total. The van der Waals surface area contributed by atoms with Crippen LogP contribution in [-0.4, -0.2) is 55.6 Å². The summed E-state index contributed by atoms with van der Waals surface area (Å²) < 4.78 is 38.5. The zero-order valence-corrected chi connectivity index (χ0v) is 17.2. The number of nitrogens with zero attached hydrogens (tertiary/aromatic N) is 2. The van der Waals surface area contributed by atoms with E-state index in [9.17, 15) is 13.2 Å². The van der Waals surface area contributed by atoms with Crippen molar-refractivity contribution in [2.75, 3.05) is 20.2 Å². The molecule has 0 saturated carbocycles. The van der Waals surface area contributed by atoms with Crippen LogP contribution in [-0.2, 0) is 14.8 Å². The van der Waals surface area contributed by atoms with E-state index in [1.54, 1.807) is 45.2 Å². The quantitative estimate of drug-likeness (QED) is 0.836. The molecule has 0 radical (unpaired) electrons. The Labute approximate surface area is 164 Å². The number of amides is 1. The number of fused-ring (bicyclic) bond motifs is 1. The Morgan fingerprint density at radius 1 is 1.29 bits per heavy atom. The molecule has 2 heterocycles. The van der Waals surface area contributed by atoms with E-state index in [-0.39, 0.29) is 17.5 Å². The summed E-state index contributed by atoms with van der Waals surface area (Å²) in [7, 11) is -2.29. The van der Waals surface area contributed by atoms with Crippen LogP contribution >= 0.6 is 0 Å². The lowest BCUT2D eigenvalue weighted by Crippen LogP contribution is -2.41. The highest BCUT2D eigenvalue weighted by Crippen LogP contribution is 2.33. The van der Waals surface area contributed by atoms with Crippen LogP contribution in [0.3, 0.4) is 0 Å². The Bertz CT molecular complexity index is 979. The number of ether oxygens (including phenoxy) is 2. The van der Waals surface area contributed by atoms with Crippen LogP contribution in [0.25, 0.3) is 10.8 Å². The molecule has 8 nitrogen and oxygen atoms in total. The lowest BCUT2D eigenvalue weighted by atomic mass is 10.2. The molecule has 1 aliphatic heterocycles. The van der Waals surface area contributed by atoms with E-state index in [0.29, 0.717) is 29.5 Å². The summed E-state index contributed by atoms with van der Waals surface area (Å²) in [6, 6.07) is 4.74. The molecule has 2 aromatic rings. The Hall–Kier alpha value is -2.39. The van der Waals surface area contributed by atoms with Crippen molar-refractivity contribution < 1.29 is 22.7 Å². The highest BCUT2D eigenvalue weighted by molar-refractivity contribution is 7.89. The van der Waals surface area contributed by atoms with Crippen molar-refractivity contribution in [2.24, 2.45) is 0 Å². The van der Waals surface area contributed by atoms with Crippen molar-refractivity contribution in [2.45, 2.75) is 43.7 Å². The third-order valence-corrected chi connectivity index (χ3v) is 6.33. The average molecular weight is 407 g/mol. The first-order valence-electron chi connectivity index (χ1n) is 9.02. The van der Waals surface area contributed by atoms with Crippen molar-refractivity contribution in [1.29, 1.82) is 0 Å². The maximum Gasteiger partial charge on any atom is 0.407 e. The molecule has 1 fully saturated rings. The van der Waals surface area contributed by atoms with Crippen LogP contribution in [0.1, 0.15) is 27.2 Å². The summed E-state index contributed by atoms with van der Waals surface area (Å²) >= 11 is 0. The third-order valence-electron chi connectivity index (χ3n) is 4.42. The van der Waals surface area contributed by atoms with Gasteiger partial charge in [0.05, 0.1) is 18.2 Å². The van der Waals surface area contributed by atoms with Gasteiger partial charge in [0, 0.05) is 36.1 Å². The second kappa shape index (κ2) is 7.56. The van der Waals surface area contributed by atoms with Gasteiger partial charge in [0.1, 0.15) is 11.4 Å². The number of aromatic nitrogens is 1. The molecule has 1 atom stereocenters. The lowest BCUT2D eigenvalue weighted by molar-refractivity contribution is 0.0507. The number of sulfonamides is 1. The monoisotopic (exact) mass is 407 g/mol. The Morgan fingerprint density at radius 3 is 2.71 bits per heavy atom. The van der Waals surface area contributed by atoms with Crippen LogP contribution in [0.2, 0.25) is 0 Å². The fourth-order valence-corrected chi connectivity index (χ4v) is 4.94. The average Bonchev–Trinajstić information content (AvgIpc) is 3.08. The molecule has 0 spiro atoms. The molecule has 1 aromatic carbocycles. The molecule has 1 saturated heterocycles. The van der Waals surface area contributed by atoms with Gasteiger partial charge >= 0.3 is 6.09 Å². The molecular formula is C19H25N3O5S. The molecule has 1 amide bonds. The molecule has 0 bridgehead atoms. The van der Waals surface area contributed by atoms with Gasteiger partial charge in [0.25, 0.3) is 0 Å². The SMILES string of the molecule is COc1cncc2cccc(S(=O)(=O)N3CC[C@@H](NC(=O)OC(C)(C)C)C3)c12. The fourth-order valence-electron chi connectivity index (χ4n) is 3.22. The number of carbonyl (C=O) groups excluding carboxylic acids is 1. The Balaban J connectivity index is 1.83. The Kier molecular flexibility index (Phi) is 5.49. The van der Waals surface area contributed by atoms with Gasteiger partial charge in [-0.05, 0) is 33.3 Å². The second-order valence-electron chi connectivity index (χ2n) is 7.69. The molecule has 0 aliphatic carbocycles. The summed E-state index contributed by atoms with van der Waals surface area (Å²) in [4.78, 5) is 16.2. The van der Waals surface area contributed by atoms with Crippen LogP contribution < -0.4 is 10.1 Å². The minimum Gasteiger partial charge on any atom is -0.494 e. The highest BCUT2D eigenvalue weighted by atomic mass is 32.2. The topological polar surface area (TPSA) is 97.8 Å². The van der Waals surface area contributed by atoms with Gasteiger partial charge in [0.2, 0.25) is 10.0 Å². The molecular weight excluding hydrogens is 382 g/mol. The first kappa shape index (κ1) is 20.3. The maximum absolute atomic E-state index is 13.3. The zero-order valence-electron chi connectivity index (χ0n) is 16.4. The molecule has 0 unspecified atom stereocenters. The van der Waals surface area contributed by atoms with E-state index < -0.39 is 21.7 Å². The molecule has 28 heavy (non-hydrogen) atoms. The van der Waals surface area contributed by atoms with Gasteiger partial charge in [-0.1, -0.05) is 12.1 Å². The number of nitrogens with one attached hydrogen (secondary N) is 1. The largest absolute Gasteiger partial charge is 0.494 e. The summed E-state index contributed by atoms with van der Waals surface area (Å²) in [6.07, 6.45) is 3.07. The van der Waals surface area contributed by atoms with Crippen LogP contribution in [0.15, 0.2) is 35.5 Å². The minimum atomic E-state index is -3.77. The normalized spacial score (nSPS) is 18.2. The molecule has 1 aliphatic rings. The van der Waals surface area contributed by atoms with Crippen molar-refractivity contribution in [3.63, 3.8) is 0 Å². The van der Waals surface area contributed by atoms with Crippen LogP contribution in [0.4, 0.5) is 4.79 Å². The second-order valence-corrected chi connectivity index (χ2v) is 9.60. The summed E-state index contributed by atoms with van der Waals surface area (Å²) in [5, 5.41) is 3.93. The number of carbonyl (C=O) groups is 1. The van der Waals surface area contributed by atoms with E-state index in [2.05, 4.69) is 10.3 Å². The van der Waals surface area contributed by atoms with Crippen molar-refractivity contribution in [3.05, 3.63) is 30.6 Å². The fraction of sp³-hybridized carbons (Fsp3) is 0.474. The van der Waals surface area contributed by atoms with Gasteiger partial charge < -0.3 is 14.8 Å². The number of hydrogen-bond acceptors (Lipinski definition) is 6. The molecule has 9 heteroatoms. The van der Waals surface area contributed by atoms with Gasteiger partial charge in [-0.15, -0.1) is 0 Å². The van der Waals surface area contributed by atoms with Gasteiger partial charge in [0.15, 0.2) is 0 Å². The number of pyridine rings is 1. The van der Waals surface area contributed by atoms with E-state index in [1.807, 2.05) is 0 Å². The lowest BCUT2D eigenvalue weighted by Gasteiger charge is -2.22. The molecule has 152 valence electrons. The summed E-state index contributed by atoms with van der Waals surface area (Å²) in [6.45, 7) is 5.83. The zero-order chi connectivity index (χ0) is 20.5. The van der Waals surface area contributed by atoms with Crippen LogP contribution in [0.5, 0.6) is 5.75 Å².